The van der Waals surface area contributed by atoms with Gasteiger partial charge >= 0.3 is 0 Å². The fourth-order valence-corrected chi connectivity index (χ4v) is 5.18. The van der Waals surface area contributed by atoms with Gasteiger partial charge < -0.3 is 9.88 Å². The van der Waals surface area contributed by atoms with Crippen LogP contribution in [0.1, 0.15) is 58.6 Å². The van der Waals surface area contributed by atoms with Crippen molar-refractivity contribution in [1.82, 2.24) is 14.9 Å². The third kappa shape index (κ3) is 4.88. The molecule has 1 heterocycles. The van der Waals surface area contributed by atoms with E-state index in [4.69, 9.17) is 4.98 Å². The van der Waals surface area contributed by atoms with Crippen LogP contribution in [-0.4, -0.2) is 29.6 Å². The summed E-state index contributed by atoms with van der Waals surface area (Å²) in [6, 6.07) is 21.9. The van der Waals surface area contributed by atoms with E-state index in [2.05, 4.69) is 16.0 Å². The van der Waals surface area contributed by atoms with Crippen molar-refractivity contribution >= 4 is 26.8 Å². The fraction of sp³-hybridized carbons (Fsp3) is 0.250. The first-order valence-corrected chi connectivity index (χ1v) is 13.6. The van der Waals surface area contributed by atoms with E-state index >= 15 is 0 Å². The Hall–Kier alpha value is -3.96. The second-order valence-electron chi connectivity index (χ2n) is 9.08. The number of imidazole rings is 1. The average Bonchev–Trinajstić information content (AvgIpc) is 3.69. The molecule has 1 aromatic heterocycles. The number of benzene rings is 3. The Kier molecular flexibility index (Phi) is 6.33. The number of carbonyl (C=O) groups is 1. The highest BCUT2D eigenvalue weighted by Crippen LogP contribution is 2.41. The number of amides is 1. The van der Waals surface area contributed by atoms with E-state index in [1.807, 2.05) is 30.3 Å². The molecule has 0 unspecified atom stereocenters. The van der Waals surface area contributed by atoms with Crippen molar-refractivity contribution in [2.45, 2.75) is 43.7 Å². The predicted octanol–water partition coefficient (Wildman–Crippen LogP) is 4.56. The molecule has 1 N–H and O–H groups in total. The van der Waals surface area contributed by atoms with E-state index in [1.54, 1.807) is 43.3 Å². The zero-order valence-electron chi connectivity index (χ0n) is 19.9. The summed E-state index contributed by atoms with van der Waals surface area (Å²) in [7, 11) is -3.25. The Morgan fingerprint density at radius 3 is 2.56 bits per heavy atom. The maximum Gasteiger partial charge on any atom is 0.251 e. The Morgan fingerprint density at radius 2 is 1.86 bits per heavy atom. The van der Waals surface area contributed by atoms with E-state index in [9.17, 15) is 18.5 Å². The van der Waals surface area contributed by atoms with Gasteiger partial charge in [0.15, 0.2) is 9.84 Å². The van der Waals surface area contributed by atoms with Gasteiger partial charge in [0, 0.05) is 24.6 Å². The molecule has 0 bridgehead atoms. The molecule has 4 aromatic rings. The standard InChI is InChI=1S/C28H26N4O3S/c1-2-36(34,35)24-11-6-19(7-12-24)17-30-28(33)23-10-13-26-25(15-23)31-27(22-8-9-22)32(26)18-21-5-3-4-20(14-21)16-29/h3-7,10-15,22H,2,8-9,17-18H2,1H3,(H,30,33). The number of hydrogen-bond donors (Lipinski definition) is 1. The van der Waals surface area contributed by atoms with Gasteiger partial charge in [-0.1, -0.05) is 31.2 Å². The topological polar surface area (TPSA) is 105 Å². The molecule has 0 saturated heterocycles. The Labute approximate surface area is 210 Å². The number of nitrogens with one attached hydrogen (secondary N) is 1. The van der Waals surface area contributed by atoms with Crippen LogP contribution in [0.15, 0.2) is 71.6 Å². The summed E-state index contributed by atoms with van der Waals surface area (Å²) in [5.41, 5.74) is 4.74. The third-order valence-electron chi connectivity index (χ3n) is 6.49. The van der Waals surface area contributed by atoms with Crippen molar-refractivity contribution in [2.24, 2.45) is 0 Å². The Morgan fingerprint density at radius 1 is 1.08 bits per heavy atom. The van der Waals surface area contributed by atoms with Crippen LogP contribution in [0.3, 0.4) is 0 Å². The molecule has 1 amide bonds. The normalized spacial score (nSPS) is 13.4. The highest BCUT2D eigenvalue weighted by molar-refractivity contribution is 7.91. The molecule has 1 aliphatic rings. The van der Waals surface area contributed by atoms with E-state index in [0.717, 1.165) is 40.8 Å². The molecular formula is C28H26N4O3S. The van der Waals surface area contributed by atoms with Gasteiger partial charge in [0.2, 0.25) is 0 Å². The van der Waals surface area contributed by atoms with E-state index in [-0.39, 0.29) is 16.6 Å². The van der Waals surface area contributed by atoms with E-state index < -0.39 is 9.84 Å². The zero-order valence-corrected chi connectivity index (χ0v) is 20.8. The quantitative estimate of drug-likeness (QED) is 0.384. The van der Waals surface area contributed by atoms with Crippen molar-refractivity contribution in [2.75, 3.05) is 5.75 Å². The van der Waals surface area contributed by atoms with Crippen LogP contribution in [0.4, 0.5) is 0 Å². The number of hydrogen-bond acceptors (Lipinski definition) is 5. The molecule has 3 aromatic carbocycles. The molecule has 1 aliphatic carbocycles. The van der Waals surface area contributed by atoms with Crippen molar-refractivity contribution in [3.63, 3.8) is 0 Å². The lowest BCUT2D eigenvalue weighted by molar-refractivity contribution is 0.0951. The summed E-state index contributed by atoms with van der Waals surface area (Å²) in [6.45, 7) is 2.52. The number of carbonyl (C=O) groups excluding carboxylic acids is 1. The van der Waals surface area contributed by atoms with Gasteiger partial charge in [0.1, 0.15) is 5.82 Å². The van der Waals surface area contributed by atoms with Crippen LogP contribution in [0.2, 0.25) is 0 Å². The van der Waals surface area contributed by atoms with Crippen LogP contribution in [0, 0.1) is 11.3 Å². The van der Waals surface area contributed by atoms with Crippen molar-refractivity contribution < 1.29 is 13.2 Å². The minimum atomic E-state index is -3.25. The van der Waals surface area contributed by atoms with Crippen molar-refractivity contribution in [3.05, 3.63) is 94.8 Å². The molecular weight excluding hydrogens is 472 g/mol. The number of aromatic nitrogens is 2. The molecule has 8 heteroatoms. The lowest BCUT2D eigenvalue weighted by Gasteiger charge is -2.10. The Bertz CT molecular complexity index is 1590. The molecule has 0 radical (unpaired) electrons. The molecule has 5 rings (SSSR count). The lowest BCUT2D eigenvalue weighted by atomic mass is 10.1. The zero-order chi connectivity index (χ0) is 25.3. The van der Waals surface area contributed by atoms with Gasteiger partial charge in [-0.15, -0.1) is 0 Å². The SMILES string of the molecule is CCS(=O)(=O)c1ccc(CNC(=O)c2ccc3c(c2)nc(C2CC2)n3Cc2cccc(C#N)c2)cc1. The summed E-state index contributed by atoms with van der Waals surface area (Å²) < 4.78 is 26.2. The van der Waals surface area contributed by atoms with Crippen molar-refractivity contribution in [1.29, 1.82) is 5.26 Å². The molecule has 36 heavy (non-hydrogen) atoms. The van der Waals surface area contributed by atoms with Gasteiger partial charge in [-0.25, -0.2) is 13.4 Å². The number of rotatable bonds is 8. The number of fused-ring (bicyclic) bond motifs is 1. The van der Waals surface area contributed by atoms with Gasteiger partial charge in [-0.05, 0) is 66.4 Å². The number of nitriles is 1. The van der Waals surface area contributed by atoms with Gasteiger partial charge in [-0.2, -0.15) is 5.26 Å². The van der Waals surface area contributed by atoms with E-state index in [0.29, 0.717) is 30.1 Å². The lowest BCUT2D eigenvalue weighted by Crippen LogP contribution is -2.22. The van der Waals surface area contributed by atoms with Crippen LogP contribution >= 0.6 is 0 Å². The molecule has 0 aliphatic heterocycles. The summed E-state index contributed by atoms with van der Waals surface area (Å²) in [5.74, 6) is 1.28. The molecule has 182 valence electrons. The average molecular weight is 499 g/mol. The monoisotopic (exact) mass is 498 g/mol. The minimum Gasteiger partial charge on any atom is -0.348 e. The summed E-state index contributed by atoms with van der Waals surface area (Å²) in [4.78, 5) is 18.0. The first kappa shape index (κ1) is 23.8. The molecule has 0 atom stereocenters. The molecule has 7 nitrogen and oxygen atoms in total. The van der Waals surface area contributed by atoms with E-state index in [1.165, 1.54) is 0 Å². The smallest absolute Gasteiger partial charge is 0.251 e. The largest absolute Gasteiger partial charge is 0.348 e. The minimum absolute atomic E-state index is 0.0516. The van der Waals surface area contributed by atoms with Crippen LogP contribution in [0.25, 0.3) is 11.0 Å². The molecule has 0 spiro atoms. The molecule has 1 fully saturated rings. The fourth-order valence-electron chi connectivity index (χ4n) is 4.30. The number of nitrogens with zero attached hydrogens (tertiary/aromatic N) is 3. The second-order valence-corrected chi connectivity index (χ2v) is 11.4. The molecule has 1 saturated carbocycles. The van der Waals surface area contributed by atoms with Gasteiger partial charge in [-0.3, -0.25) is 4.79 Å². The van der Waals surface area contributed by atoms with Gasteiger partial charge in [0.05, 0.1) is 33.3 Å². The first-order valence-electron chi connectivity index (χ1n) is 12.0. The van der Waals surface area contributed by atoms with Crippen LogP contribution in [0.5, 0.6) is 0 Å². The summed E-state index contributed by atoms with van der Waals surface area (Å²) in [6.07, 6.45) is 2.21. The van der Waals surface area contributed by atoms with Gasteiger partial charge in [0.25, 0.3) is 5.91 Å². The maximum absolute atomic E-state index is 12.9. The van der Waals surface area contributed by atoms with Crippen LogP contribution < -0.4 is 5.32 Å². The maximum atomic E-state index is 12.9. The van der Waals surface area contributed by atoms with Crippen molar-refractivity contribution in [3.8, 4) is 6.07 Å². The van der Waals surface area contributed by atoms with Crippen LogP contribution in [-0.2, 0) is 22.9 Å². The third-order valence-corrected chi connectivity index (χ3v) is 8.25. The first-order chi connectivity index (χ1) is 17.4. The summed E-state index contributed by atoms with van der Waals surface area (Å²) in [5, 5.41) is 12.1. The highest BCUT2D eigenvalue weighted by Gasteiger charge is 2.30. The summed E-state index contributed by atoms with van der Waals surface area (Å²) >= 11 is 0. The second kappa shape index (κ2) is 9.59. The Balaban J connectivity index is 1.35. The predicted molar refractivity (Wildman–Crippen MR) is 137 cm³/mol. The highest BCUT2D eigenvalue weighted by atomic mass is 32.2. The number of sulfone groups is 1.